The fourth-order valence-corrected chi connectivity index (χ4v) is 4.11. The van der Waals surface area contributed by atoms with Gasteiger partial charge < -0.3 is 14.4 Å². The van der Waals surface area contributed by atoms with Gasteiger partial charge in [-0.1, -0.05) is 48.9 Å². The van der Waals surface area contributed by atoms with Gasteiger partial charge in [0.2, 0.25) is 5.91 Å². The molecule has 1 fully saturated rings. The fraction of sp³-hybridized carbons (Fsp3) is 0.375. The molecule has 0 bridgehead atoms. The first-order chi connectivity index (χ1) is 14.6. The van der Waals surface area contributed by atoms with E-state index in [2.05, 4.69) is 18.0 Å². The predicted octanol–water partition coefficient (Wildman–Crippen LogP) is 3.01. The molecule has 0 radical (unpaired) electrons. The molecule has 156 valence electrons. The standard InChI is InChI=1S/C24H28N4O2/c1-3-11-28-21-10-5-4-9-20(21)25-23(24(28)30)27-14-12-26(13-15-27)22(29)17-19-8-6-7-18(2)16-19/h4-10,16H,3,11-15,17H2,1-2H3. The molecule has 1 saturated heterocycles. The lowest BCUT2D eigenvalue weighted by Gasteiger charge is -2.35. The number of fused-ring (bicyclic) bond motifs is 1. The van der Waals surface area contributed by atoms with Crippen molar-refractivity contribution < 1.29 is 4.79 Å². The van der Waals surface area contributed by atoms with Crippen LogP contribution in [0.3, 0.4) is 0 Å². The van der Waals surface area contributed by atoms with Crippen LogP contribution in [0.2, 0.25) is 0 Å². The minimum Gasteiger partial charge on any atom is -0.348 e. The first-order valence-corrected chi connectivity index (χ1v) is 10.6. The van der Waals surface area contributed by atoms with Gasteiger partial charge in [-0.2, -0.15) is 0 Å². The number of benzene rings is 2. The van der Waals surface area contributed by atoms with Crippen molar-refractivity contribution in [2.75, 3.05) is 31.1 Å². The fourth-order valence-electron chi connectivity index (χ4n) is 4.11. The molecular weight excluding hydrogens is 376 g/mol. The van der Waals surface area contributed by atoms with Crippen LogP contribution in [0.15, 0.2) is 53.3 Å². The van der Waals surface area contributed by atoms with E-state index in [4.69, 9.17) is 0 Å². The Morgan fingerprint density at radius 3 is 2.53 bits per heavy atom. The zero-order chi connectivity index (χ0) is 21.1. The third kappa shape index (κ3) is 4.08. The topological polar surface area (TPSA) is 58.4 Å². The van der Waals surface area contributed by atoms with Gasteiger partial charge in [0.25, 0.3) is 5.56 Å². The molecular formula is C24H28N4O2. The number of para-hydroxylation sites is 2. The van der Waals surface area contributed by atoms with Crippen LogP contribution in [0.1, 0.15) is 24.5 Å². The average Bonchev–Trinajstić information content (AvgIpc) is 2.76. The van der Waals surface area contributed by atoms with Crippen molar-refractivity contribution in [1.82, 2.24) is 14.5 Å². The molecule has 30 heavy (non-hydrogen) atoms. The van der Waals surface area contributed by atoms with Crippen LogP contribution in [-0.2, 0) is 17.8 Å². The molecule has 0 unspecified atom stereocenters. The highest BCUT2D eigenvalue weighted by molar-refractivity contribution is 5.79. The van der Waals surface area contributed by atoms with Crippen molar-refractivity contribution in [2.45, 2.75) is 33.2 Å². The van der Waals surface area contributed by atoms with Crippen LogP contribution in [0.5, 0.6) is 0 Å². The van der Waals surface area contributed by atoms with Gasteiger partial charge in [-0.25, -0.2) is 4.98 Å². The Morgan fingerprint density at radius 2 is 1.80 bits per heavy atom. The summed E-state index contributed by atoms with van der Waals surface area (Å²) in [4.78, 5) is 34.5. The van der Waals surface area contributed by atoms with E-state index >= 15 is 0 Å². The number of piperazine rings is 1. The molecule has 1 aromatic heterocycles. The maximum atomic E-state index is 13.1. The number of hydrogen-bond acceptors (Lipinski definition) is 4. The Bertz CT molecular complexity index is 1110. The van der Waals surface area contributed by atoms with Gasteiger partial charge in [-0.15, -0.1) is 0 Å². The molecule has 0 saturated carbocycles. The van der Waals surface area contributed by atoms with E-state index in [0.29, 0.717) is 45.0 Å². The first-order valence-electron chi connectivity index (χ1n) is 10.6. The minimum absolute atomic E-state index is 0.0462. The van der Waals surface area contributed by atoms with E-state index in [0.717, 1.165) is 28.6 Å². The Morgan fingerprint density at radius 1 is 1.03 bits per heavy atom. The monoisotopic (exact) mass is 404 g/mol. The van der Waals surface area contributed by atoms with Gasteiger partial charge in [0.15, 0.2) is 5.82 Å². The molecule has 2 aromatic carbocycles. The molecule has 0 aliphatic carbocycles. The molecule has 1 aliphatic heterocycles. The van der Waals surface area contributed by atoms with Crippen LogP contribution >= 0.6 is 0 Å². The van der Waals surface area contributed by atoms with E-state index in [9.17, 15) is 9.59 Å². The van der Waals surface area contributed by atoms with Crippen molar-refractivity contribution in [3.05, 3.63) is 70.0 Å². The number of aromatic nitrogens is 2. The number of aryl methyl sites for hydroxylation is 2. The summed E-state index contributed by atoms with van der Waals surface area (Å²) in [5, 5.41) is 0. The number of hydrogen-bond donors (Lipinski definition) is 0. The Hall–Kier alpha value is -3.15. The maximum absolute atomic E-state index is 13.1. The van der Waals surface area contributed by atoms with Crippen LogP contribution < -0.4 is 10.5 Å². The number of nitrogens with zero attached hydrogens (tertiary/aromatic N) is 4. The van der Waals surface area contributed by atoms with Gasteiger partial charge in [-0.05, 0) is 31.0 Å². The first kappa shape index (κ1) is 20.1. The molecule has 3 aromatic rings. The minimum atomic E-state index is -0.0462. The Labute approximate surface area is 176 Å². The van der Waals surface area contributed by atoms with Gasteiger partial charge in [0.1, 0.15) is 0 Å². The van der Waals surface area contributed by atoms with Crippen molar-refractivity contribution in [3.8, 4) is 0 Å². The molecule has 4 rings (SSSR count). The lowest BCUT2D eigenvalue weighted by atomic mass is 10.1. The lowest BCUT2D eigenvalue weighted by molar-refractivity contribution is -0.130. The van der Waals surface area contributed by atoms with Gasteiger partial charge >= 0.3 is 0 Å². The SMILES string of the molecule is CCCn1c(=O)c(N2CCN(C(=O)Cc3cccc(C)c3)CC2)nc2ccccc21. The molecule has 1 amide bonds. The van der Waals surface area contributed by atoms with E-state index in [1.807, 2.05) is 63.8 Å². The average molecular weight is 405 g/mol. The summed E-state index contributed by atoms with van der Waals surface area (Å²) < 4.78 is 1.83. The highest BCUT2D eigenvalue weighted by Crippen LogP contribution is 2.17. The molecule has 0 N–H and O–H groups in total. The highest BCUT2D eigenvalue weighted by atomic mass is 16.2. The summed E-state index contributed by atoms with van der Waals surface area (Å²) in [6.07, 6.45) is 1.30. The molecule has 1 aliphatic rings. The summed E-state index contributed by atoms with van der Waals surface area (Å²) in [6.45, 7) is 7.22. The smallest absolute Gasteiger partial charge is 0.294 e. The van der Waals surface area contributed by atoms with Gasteiger partial charge in [0, 0.05) is 32.7 Å². The van der Waals surface area contributed by atoms with Crippen LogP contribution in [0, 0.1) is 6.92 Å². The van der Waals surface area contributed by atoms with Crippen LogP contribution in [-0.4, -0.2) is 46.5 Å². The summed E-state index contributed by atoms with van der Waals surface area (Å²) in [5.74, 6) is 0.628. The van der Waals surface area contributed by atoms with E-state index in [-0.39, 0.29) is 11.5 Å². The largest absolute Gasteiger partial charge is 0.348 e. The van der Waals surface area contributed by atoms with E-state index in [1.165, 1.54) is 0 Å². The molecule has 2 heterocycles. The number of amides is 1. The summed E-state index contributed by atoms with van der Waals surface area (Å²) in [7, 11) is 0. The van der Waals surface area contributed by atoms with Crippen LogP contribution in [0.25, 0.3) is 11.0 Å². The van der Waals surface area contributed by atoms with E-state index < -0.39 is 0 Å². The molecule has 0 spiro atoms. The normalized spacial score (nSPS) is 14.3. The Balaban J connectivity index is 1.50. The quantitative estimate of drug-likeness (QED) is 0.656. The lowest BCUT2D eigenvalue weighted by Crippen LogP contribution is -2.51. The summed E-state index contributed by atoms with van der Waals surface area (Å²) >= 11 is 0. The predicted molar refractivity (Wildman–Crippen MR) is 120 cm³/mol. The van der Waals surface area contributed by atoms with E-state index in [1.54, 1.807) is 0 Å². The van der Waals surface area contributed by atoms with Crippen molar-refractivity contribution >= 4 is 22.8 Å². The second kappa shape index (κ2) is 8.69. The van der Waals surface area contributed by atoms with Crippen molar-refractivity contribution in [3.63, 3.8) is 0 Å². The number of carbonyl (C=O) groups is 1. The summed E-state index contributed by atoms with van der Waals surface area (Å²) in [5.41, 5.74) is 3.87. The molecule has 6 heteroatoms. The second-order valence-electron chi connectivity index (χ2n) is 7.91. The van der Waals surface area contributed by atoms with Crippen LogP contribution in [0.4, 0.5) is 5.82 Å². The van der Waals surface area contributed by atoms with Crippen molar-refractivity contribution in [1.29, 1.82) is 0 Å². The zero-order valence-electron chi connectivity index (χ0n) is 17.7. The highest BCUT2D eigenvalue weighted by Gasteiger charge is 2.24. The molecule has 0 atom stereocenters. The maximum Gasteiger partial charge on any atom is 0.294 e. The number of carbonyl (C=O) groups excluding carboxylic acids is 1. The third-order valence-corrected chi connectivity index (χ3v) is 5.65. The van der Waals surface area contributed by atoms with Gasteiger partial charge in [-0.3, -0.25) is 9.59 Å². The summed E-state index contributed by atoms with van der Waals surface area (Å²) in [6, 6.07) is 15.9. The second-order valence-corrected chi connectivity index (χ2v) is 7.91. The van der Waals surface area contributed by atoms with Gasteiger partial charge in [0.05, 0.1) is 17.5 Å². The number of anilines is 1. The zero-order valence-corrected chi connectivity index (χ0v) is 17.7. The molecule has 6 nitrogen and oxygen atoms in total. The number of rotatable bonds is 5. The Kier molecular flexibility index (Phi) is 5.84. The third-order valence-electron chi connectivity index (χ3n) is 5.65. The van der Waals surface area contributed by atoms with Crippen molar-refractivity contribution in [2.24, 2.45) is 0 Å².